The zero-order valence-electron chi connectivity index (χ0n) is 19.3. The summed E-state index contributed by atoms with van der Waals surface area (Å²) in [7, 11) is 1.48. The van der Waals surface area contributed by atoms with Gasteiger partial charge in [0.05, 0.1) is 25.2 Å². The molecule has 2 N–H and O–H groups in total. The summed E-state index contributed by atoms with van der Waals surface area (Å²) in [6.45, 7) is 0. The van der Waals surface area contributed by atoms with Crippen LogP contribution in [0.25, 0.3) is 33.3 Å². The van der Waals surface area contributed by atoms with E-state index in [0.717, 1.165) is 0 Å². The Balaban J connectivity index is 1.65. The van der Waals surface area contributed by atoms with Crippen molar-refractivity contribution in [2.24, 2.45) is 0 Å². The molecule has 1 aliphatic rings. The summed E-state index contributed by atoms with van der Waals surface area (Å²) >= 11 is 0. The van der Waals surface area contributed by atoms with E-state index in [-0.39, 0.29) is 56.6 Å². The molecule has 6 rings (SSSR count). The highest BCUT2D eigenvalue weighted by Gasteiger charge is 2.35. The first-order valence-electron chi connectivity index (χ1n) is 11.3. The second-order valence-electron chi connectivity index (χ2n) is 8.65. The summed E-state index contributed by atoms with van der Waals surface area (Å²) in [5, 5.41) is 20.4. The number of carbonyl (C=O) groups is 1. The number of fused-ring (bicyclic) bond motifs is 4. The van der Waals surface area contributed by atoms with Gasteiger partial charge in [0.15, 0.2) is 10.9 Å². The highest BCUT2D eigenvalue weighted by molar-refractivity contribution is 5.93. The predicted molar refractivity (Wildman–Crippen MR) is 132 cm³/mol. The van der Waals surface area contributed by atoms with Gasteiger partial charge in [0.2, 0.25) is 0 Å². The molecule has 3 aromatic carbocycles. The van der Waals surface area contributed by atoms with Crippen molar-refractivity contribution < 1.29 is 33.3 Å². The number of hydrogen-bond donors (Lipinski definition) is 2. The van der Waals surface area contributed by atoms with Gasteiger partial charge in [-0.2, -0.15) is 0 Å². The predicted octanol–water partition coefficient (Wildman–Crippen LogP) is 4.43. The van der Waals surface area contributed by atoms with Crippen molar-refractivity contribution in [2.75, 3.05) is 7.11 Å². The SMILES string of the molecule is COc1ccc2occ([C@H]3CC(=O)Oc4cc(O)c5c(=O)cc(-c6ccc(O)cc6)oc5c43)c(=O)c2c1. The van der Waals surface area contributed by atoms with Gasteiger partial charge >= 0.3 is 5.97 Å². The Morgan fingerprint density at radius 2 is 1.76 bits per heavy atom. The lowest BCUT2D eigenvalue weighted by Crippen LogP contribution is -2.25. The molecule has 0 fully saturated rings. The van der Waals surface area contributed by atoms with Crippen LogP contribution in [0.4, 0.5) is 0 Å². The van der Waals surface area contributed by atoms with Crippen LogP contribution in [0.2, 0.25) is 0 Å². The van der Waals surface area contributed by atoms with E-state index in [1.165, 1.54) is 37.6 Å². The number of phenols is 2. The first-order chi connectivity index (χ1) is 17.8. The fourth-order valence-electron chi connectivity index (χ4n) is 4.69. The molecular weight excluding hydrogens is 480 g/mol. The van der Waals surface area contributed by atoms with Crippen LogP contribution < -0.4 is 20.3 Å². The minimum absolute atomic E-state index is 0.0202. The van der Waals surface area contributed by atoms with Gasteiger partial charge in [-0.15, -0.1) is 0 Å². The van der Waals surface area contributed by atoms with Crippen LogP contribution in [-0.4, -0.2) is 23.3 Å². The topological polar surface area (TPSA) is 136 Å². The zero-order chi connectivity index (χ0) is 25.8. The summed E-state index contributed by atoms with van der Waals surface area (Å²) in [6, 6.07) is 13.2. The average molecular weight is 498 g/mol. The van der Waals surface area contributed by atoms with Crippen LogP contribution in [0.3, 0.4) is 0 Å². The number of hydrogen-bond acceptors (Lipinski definition) is 9. The monoisotopic (exact) mass is 498 g/mol. The Hall–Kier alpha value is -5.05. The van der Waals surface area contributed by atoms with E-state index < -0.39 is 23.1 Å². The Morgan fingerprint density at radius 3 is 2.51 bits per heavy atom. The number of rotatable bonds is 3. The zero-order valence-corrected chi connectivity index (χ0v) is 19.3. The maximum Gasteiger partial charge on any atom is 0.312 e. The van der Waals surface area contributed by atoms with Crippen LogP contribution in [0.15, 0.2) is 79.3 Å². The van der Waals surface area contributed by atoms with Crippen molar-refractivity contribution in [1.29, 1.82) is 0 Å². The maximum absolute atomic E-state index is 13.6. The lowest BCUT2D eigenvalue weighted by Gasteiger charge is -2.25. The molecule has 0 saturated carbocycles. The van der Waals surface area contributed by atoms with Gasteiger partial charge in [-0.1, -0.05) is 0 Å². The molecule has 9 heteroatoms. The molecule has 0 saturated heterocycles. The molecule has 0 spiro atoms. The van der Waals surface area contributed by atoms with Crippen LogP contribution in [-0.2, 0) is 4.79 Å². The van der Waals surface area contributed by atoms with Crippen LogP contribution in [0.5, 0.6) is 23.0 Å². The first-order valence-corrected chi connectivity index (χ1v) is 11.3. The number of aromatic hydroxyl groups is 2. The molecule has 3 heterocycles. The molecule has 9 nitrogen and oxygen atoms in total. The number of carbonyl (C=O) groups excluding carboxylic acids is 1. The van der Waals surface area contributed by atoms with Crippen molar-refractivity contribution >= 4 is 27.9 Å². The largest absolute Gasteiger partial charge is 0.508 e. The van der Waals surface area contributed by atoms with Crippen LogP contribution in [0.1, 0.15) is 23.5 Å². The number of ether oxygens (including phenoxy) is 2. The second kappa shape index (κ2) is 8.27. The highest BCUT2D eigenvalue weighted by atomic mass is 16.5. The van der Waals surface area contributed by atoms with Gasteiger partial charge in [-0.3, -0.25) is 14.4 Å². The lowest BCUT2D eigenvalue weighted by molar-refractivity contribution is -0.135. The van der Waals surface area contributed by atoms with Crippen LogP contribution >= 0.6 is 0 Å². The summed E-state index contributed by atoms with van der Waals surface area (Å²) < 4.78 is 22.5. The minimum atomic E-state index is -0.885. The molecule has 0 amide bonds. The standard InChI is InChI=1S/C28H18O9/c1-34-15-6-7-21-17(8-15)27(33)18(12-35-21)16-9-24(32)36-23-11-20(31)26-19(30)10-22(37-28(26)25(16)23)13-2-4-14(29)5-3-13/h2-8,10-12,16,29,31H,9H2,1H3/t16-/m1/s1. The maximum atomic E-state index is 13.6. The van der Waals surface area contributed by atoms with E-state index in [1.54, 1.807) is 30.3 Å². The van der Waals surface area contributed by atoms with Gasteiger partial charge < -0.3 is 28.5 Å². The number of phenolic OH excluding ortho intramolecular Hbond substituents is 2. The highest BCUT2D eigenvalue weighted by Crippen LogP contribution is 2.45. The van der Waals surface area contributed by atoms with E-state index in [1.807, 2.05) is 0 Å². The van der Waals surface area contributed by atoms with E-state index in [9.17, 15) is 24.6 Å². The molecule has 2 aromatic heterocycles. The van der Waals surface area contributed by atoms with E-state index in [4.69, 9.17) is 18.3 Å². The Kier molecular flexibility index (Phi) is 5.01. The Labute approximate surface area is 207 Å². The van der Waals surface area contributed by atoms with Crippen molar-refractivity contribution in [3.8, 4) is 34.3 Å². The summed E-state index contributed by atoms with van der Waals surface area (Å²) in [6.07, 6.45) is 1.06. The molecule has 1 atom stereocenters. The molecule has 1 aliphatic heterocycles. The summed E-state index contributed by atoms with van der Waals surface area (Å²) in [5.74, 6) is -1.31. The van der Waals surface area contributed by atoms with Crippen LogP contribution in [0, 0.1) is 0 Å². The van der Waals surface area contributed by atoms with Crippen molar-refractivity contribution in [3.05, 3.63) is 92.4 Å². The molecule has 0 unspecified atom stereocenters. The lowest BCUT2D eigenvalue weighted by atomic mass is 9.85. The molecule has 0 aliphatic carbocycles. The Morgan fingerprint density at radius 1 is 0.973 bits per heavy atom. The van der Waals surface area contributed by atoms with Gasteiger partial charge in [0, 0.05) is 34.7 Å². The first kappa shape index (κ1) is 22.4. The molecular formula is C28H18O9. The van der Waals surface area contributed by atoms with E-state index >= 15 is 0 Å². The van der Waals surface area contributed by atoms with Gasteiger partial charge in [-0.25, -0.2) is 0 Å². The average Bonchev–Trinajstić information content (AvgIpc) is 2.88. The smallest absolute Gasteiger partial charge is 0.312 e. The van der Waals surface area contributed by atoms with Gasteiger partial charge in [0.1, 0.15) is 45.3 Å². The van der Waals surface area contributed by atoms with Crippen molar-refractivity contribution in [1.82, 2.24) is 0 Å². The third-order valence-corrected chi connectivity index (χ3v) is 6.46. The van der Waals surface area contributed by atoms with Crippen molar-refractivity contribution in [3.63, 3.8) is 0 Å². The number of methoxy groups -OCH3 is 1. The third-order valence-electron chi connectivity index (χ3n) is 6.46. The molecule has 5 aromatic rings. The molecule has 184 valence electrons. The van der Waals surface area contributed by atoms with Crippen molar-refractivity contribution in [2.45, 2.75) is 12.3 Å². The Bertz CT molecular complexity index is 1850. The summed E-state index contributed by atoms with van der Waals surface area (Å²) in [5.41, 5.74) is 0.316. The fourth-order valence-corrected chi connectivity index (χ4v) is 4.69. The number of esters is 1. The van der Waals surface area contributed by atoms with E-state index in [2.05, 4.69) is 0 Å². The van der Waals surface area contributed by atoms with Gasteiger partial charge in [0.25, 0.3) is 0 Å². The molecule has 0 bridgehead atoms. The second-order valence-corrected chi connectivity index (χ2v) is 8.65. The molecule has 0 radical (unpaired) electrons. The quantitative estimate of drug-likeness (QED) is 0.273. The van der Waals surface area contributed by atoms with Gasteiger partial charge in [-0.05, 0) is 42.5 Å². The normalized spacial score (nSPS) is 14.9. The summed E-state index contributed by atoms with van der Waals surface area (Å²) in [4.78, 5) is 39.2. The number of benzene rings is 3. The van der Waals surface area contributed by atoms with E-state index in [0.29, 0.717) is 16.9 Å². The third kappa shape index (κ3) is 3.59. The molecule has 37 heavy (non-hydrogen) atoms. The fraction of sp³-hybridized carbons (Fsp3) is 0.107. The minimum Gasteiger partial charge on any atom is -0.508 e.